The SMILES string of the molecule is CC[N+](C)(CC)CCCOC(=O)Nc1ccc(C)c(NC(=O)OCCC[N+](C)(CC)CC)c1. The molecular weight excluding hydrogens is 420 g/mol. The number of nitrogens with one attached hydrogen (secondary N) is 2. The Morgan fingerprint density at radius 2 is 1.24 bits per heavy atom. The summed E-state index contributed by atoms with van der Waals surface area (Å²) in [7, 11) is 4.41. The Labute approximate surface area is 200 Å². The second kappa shape index (κ2) is 14.1. The van der Waals surface area contributed by atoms with E-state index in [0.29, 0.717) is 24.6 Å². The molecule has 0 fully saturated rings. The van der Waals surface area contributed by atoms with Crippen molar-refractivity contribution in [2.45, 2.75) is 47.5 Å². The van der Waals surface area contributed by atoms with Gasteiger partial charge in [-0.25, -0.2) is 9.59 Å². The fourth-order valence-electron chi connectivity index (χ4n) is 3.44. The van der Waals surface area contributed by atoms with Crippen LogP contribution in [0.15, 0.2) is 18.2 Å². The molecule has 1 rings (SSSR count). The molecule has 188 valence electrons. The Kier molecular flexibility index (Phi) is 12.2. The molecule has 0 aromatic heterocycles. The first-order chi connectivity index (χ1) is 15.6. The molecular formula is C25H46N4O4+2. The van der Waals surface area contributed by atoms with E-state index in [0.717, 1.165) is 66.6 Å². The molecule has 33 heavy (non-hydrogen) atoms. The monoisotopic (exact) mass is 466 g/mol. The largest absolute Gasteiger partial charge is 0.449 e. The summed E-state index contributed by atoms with van der Waals surface area (Å²) in [4.78, 5) is 24.4. The van der Waals surface area contributed by atoms with Gasteiger partial charge in [0, 0.05) is 24.2 Å². The van der Waals surface area contributed by atoms with Crippen LogP contribution in [0.25, 0.3) is 0 Å². The van der Waals surface area contributed by atoms with Crippen LogP contribution in [0.3, 0.4) is 0 Å². The fourth-order valence-corrected chi connectivity index (χ4v) is 3.44. The van der Waals surface area contributed by atoms with Gasteiger partial charge in [0.05, 0.1) is 66.6 Å². The Bertz CT molecular complexity index is 746. The van der Waals surface area contributed by atoms with Crippen LogP contribution in [0.5, 0.6) is 0 Å². The first-order valence-electron chi connectivity index (χ1n) is 12.3. The van der Waals surface area contributed by atoms with Gasteiger partial charge in [-0.2, -0.15) is 0 Å². The van der Waals surface area contributed by atoms with Crippen LogP contribution in [0.2, 0.25) is 0 Å². The number of carbonyl (C=O) groups excluding carboxylic acids is 2. The van der Waals surface area contributed by atoms with Crippen LogP contribution in [0, 0.1) is 6.92 Å². The molecule has 2 amide bonds. The van der Waals surface area contributed by atoms with E-state index in [2.05, 4.69) is 52.4 Å². The van der Waals surface area contributed by atoms with E-state index < -0.39 is 12.2 Å². The molecule has 2 N–H and O–H groups in total. The first kappa shape index (κ1) is 28.7. The smallest absolute Gasteiger partial charge is 0.411 e. The third-order valence-corrected chi connectivity index (χ3v) is 6.93. The van der Waals surface area contributed by atoms with Crippen molar-refractivity contribution in [1.82, 2.24) is 0 Å². The Morgan fingerprint density at radius 1 is 0.788 bits per heavy atom. The summed E-state index contributed by atoms with van der Waals surface area (Å²) >= 11 is 0. The van der Waals surface area contributed by atoms with Gasteiger partial charge in [-0.05, 0) is 52.3 Å². The third-order valence-electron chi connectivity index (χ3n) is 6.93. The molecule has 0 aliphatic heterocycles. The zero-order valence-electron chi connectivity index (χ0n) is 21.8. The number of nitrogens with zero attached hydrogens (tertiary/aromatic N) is 2. The maximum absolute atomic E-state index is 12.2. The van der Waals surface area contributed by atoms with Crippen LogP contribution < -0.4 is 10.6 Å². The normalized spacial score (nSPS) is 11.7. The zero-order chi connectivity index (χ0) is 24.9. The number of amides is 2. The highest BCUT2D eigenvalue weighted by atomic mass is 16.6. The van der Waals surface area contributed by atoms with Gasteiger partial charge in [-0.15, -0.1) is 0 Å². The average molecular weight is 467 g/mol. The second-order valence-corrected chi connectivity index (χ2v) is 9.21. The molecule has 0 bridgehead atoms. The van der Waals surface area contributed by atoms with Gasteiger partial charge in [0.2, 0.25) is 0 Å². The minimum Gasteiger partial charge on any atom is -0.449 e. The molecule has 1 aromatic carbocycles. The first-order valence-corrected chi connectivity index (χ1v) is 12.3. The van der Waals surface area contributed by atoms with Gasteiger partial charge in [-0.1, -0.05) is 6.07 Å². The van der Waals surface area contributed by atoms with Crippen LogP contribution in [-0.2, 0) is 9.47 Å². The Hall–Kier alpha value is -2.32. The molecule has 0 heterocycles. The summed E-state index contributed by atoms with van der Waals surface area (Å²) in [5.74, 6) is 0. The highest BCUT2D eigenvalue weighted by molar-refractivity contribution is 5.89. The fraction of sp³-hybridized carbons (Fsp3) is 0.680. The molecule has 0 aliphatic rings. The molecule has 0 atom stereocenters. The van der Waals surface area contributed by atoms with Crippen molar-refractivity contribution in [3.8, 4) is 0 Å². The van der Waals surface area contributed by atoms with Crippen LogP contribution in [0.1, 0.15) is 46.1 Å². The van der Waals surface area contributed by atoms with E-state index in [-0.39, 0.29) is 0 Å². The predicted molar refractivity (Wildman–Crippen MR) is 135 cm³/mol. The second-order valence-electron chi connectivity index (χ2n) is 9.21. The van der Waals surface area contributed by atoms with Gasteiger partial charge >= 0.3 is 12.2 Å². The van der Waals surface area contributed by atoms with Gasteiger partial charge in [-0.3, -0.25) is 10.6 Å². The summed E-state index contributed by atoms with van der Waals surface area (Å²) in [6.07, 6.45) is 0.634. The lowest BCUT2D eigenvalue weighted by atomic mass is 10.2. The maximum Gasteiger partial charge on any atom is 0.411 e. The van der Waals surface area contributed by atoms with E-state index in [4.69, 9.17) is 9.47 Å². The van der Waals surface area contributed by atoms with Gasteiger partial charge < -0.3 is 18.4 Å². The number of ether oxygens (including phenoxy) is 2. The highest BCUT2D eigenvalue weighted by Crippen LogP contribution is 2.21. The van der Waals surface area contributed by atoms with Crippen molar-refractivity contribution in [1.29, 1.82) is 0 Å². The molecule has 0 aliphatic carbocycles. The maximum atomic E-state index is 12.2. The topological polar surface area (TPSA) is 76.7 Å². The van der Waals surface area contributed by atoms with E-state index in [1.54, 1.807) is 12.1 Å². The van der Waals surface area contributed by atoms with Crippen molar-refractivity contribution >= 4 is 23.6 Å². The van der Waals surface area contributed by atoms with Gasteiger partial charge in [0.1, 0.15) is 0 Å². The molecule has 0 saturated carbocycles. The quantitative estimate of drug-likeness (QED) is 0.304. The number of anilines is 2. The number of rotatable bonds is 14. The average Bonchev–Trinajstić information content (AvgIpc) is 2.81. The van der Waals surface area contributed by atoms with Crippen LogP contribution in [0.4, 0.5) is 21.0 Å². The van der Waals surface area contributed by atoms with Gasteiger partial charge in [0.25, 0.3) is 0 Å². The van der Waals surface area contributed by atoms with Crippen molar-refractivity contribution in [3.05, 3.63) is 23.8 Å². The van der Waals surface area contributed by atoms with Crippen molar-refractivity contribution < 1.29 is 28.0 Å². The molecule has 0 spiro atoms. The summed E-state index contributed by atoms with van der Waals surface area (Å²) in [6.45, 7) is 17.5. The lowest BCUT2D eigenvalue weighted by molar-refractivity contribution is -0.906. The van der Waals surface area contributed by atoms with Crippen LogP contribution in [-0.4, -0.2) is 87.7 Å². The Balaban J connectivity index is 2.47. The molecule has 0 unspecified atom stereocenters. The van der Waals surface area contributed by atoms with E-state index in [9.17, 15) is 9.59 Å². The van der Waals surface area contributed by atoms with Crippen molar-refractivity contribution in [2.24, 2.45) is 0 Å². The standard InChI is InChI=1S/C25H44N4O4/c1-8-28(6,9-2)16-12-18-32-24(30)26-22-15-14-21(5)23(20-22)27-25(31)33-19-13-17-29(7,10-3)11-4/h14-15,20H,8-13,16-19H2,1-7H3/p+2. The Morgan fingerprint density at radius 3 is 1.70 bits per heavy atom. The number of hydrogen-bond acceptors (Lipinski definition) is 4. The number of carbonyl (C=O) groups is 2. The minimum atomic E-state index is -0.498. The summed E-state index contributed by atoms with van der Waals surface area (Å²) < 4.78 is 12.6. The zero-order valence-corrected chi connectivity index (χ0v) is 21.8. The molecule has 8 nitrogen and oxygen atoms in total. The van der Waals surface area contributed by atoms with Gasteiger partial charge in [0.15, 0.2) is 0 Å². The number of benzene rings is 1. The van der Waals surface area contributed by atoms with E-state index >= 15 is 0 Å². The lowest BCUT2D eigenvalue weighted by Gasteiger charge is -2.32. The number of aryl methyl sites for hydroxylation is 1. The predicted octanol–water partition coefficient (Wildman–Crippen LogP) is 4.85. The molecule has 0 saturated heterocycles. The summed E-state index contributed by atoms with van der Waals surface area (Å²) in [5.41, 5.74) is 2.03. The summed E-state index contributed by atoms with van der Waals surface area (Å²) in [5, 5.41) is 5.50. The minimum absolute atomic E-state index is 0.372. The highest BCUT2D eigenvalue weighted by Gasteiger charge is 2.17. The van der Waals surface area contributed by atoms with Crippen molar-refractivity contribution in [3.63, 3.8) is 0 Å². The molecule has 0 radical (unpaired) electrons. The van der Waals surface area contributed by atoms with E-state index in [1.807, 2.05) is 13.0 Å². The number of hydrogen-bond donors (Lipinski definition) is 2. The van der Waals surface area contributed by atoms with Crippen LogP contribution >= 0.6 is 0 Å². The number of quaternary nitrogens is 2. The lowest BCUT2D eigenvalue weighted by Crippen LogP contribution is -2.44. The summed E-state index contributed by atoms with van der Waals surface area (Å²) in [6, 6.07) is 5.33. The molecule has 1 aromatic rings. The van der Waals surface area contributed by atoms with E-state index in [1.165, 1.54) is 0 Å². The van der Waals surface area contributed by atoms with Crippen molar-refractivity contribution in [2.75, 3.05) is 77.2 Å². The third kappa shape index (κ3) is 10.4. The molecule has 8 heteroatoms.